The number of para-hydroxylation sites is 1. The molecule has 0 saturated carbocycles. The molecular weight excluding hydrogens is 256 g/mol. The molecule has 2 aromatic rings. The van der Waals surface area contributed by atoms with Crippen LogP contribution in [0.2, 0.25) is 0 Å². The van der Waals surface area contributed by atoms with Crippen LogP contribution in [0.25, 0.3) is 0 Å². The Labute approximate surface area is 117 Å². The number of rotatable bonds is 4. The first-order valence-electron chi connectivity index (χ1n) is 6.20. The Morgan fingerprint density at radius 1 is 1.20 bits per heavy atom. The van der Waals surface area contributed by atoms with Gasteiger partial charge < -0.3 is 14.6 Å². The number of methoxy groups -OCH3 is 1. The van der Waals surface area contributed by atoms with Crippen LogP contribution in [0.15, 0.2) is 42.5 Å². The van der Waals surface area contributed by atoms with Crippen LogP contribution in [0.4, 0.5) is 0 Å². The highest BCUT2D eigenvalue weighted by Crippen LogP contribution is 2.22. The first kappa shape index (κ1) is 13.9. The number of carbonyl (C=O) groups excluding carboxylic acids is 1. The van der Waals surface area contributed by atoms with Crippen molar-refractivity contribution in [3.05, 3.63) is 59.2 Å². The zero-order chi connectivity index (χ0) is 14.5. The molecule has 0 saturated heterocycles. The predicted molar refractivity (Wildman–Crippen MR) is 75.0 cm³/mol. The maximum Gasteiger partial charge on any atom is 0.342 e. The minimum atomic E-state index is -0.563. The van der Waals surface area contributed by atoms with Gasteiger partial charge in [-0.1, -0.05) is 23.8 Å². The fourth-order valence-electron chi connectivity index (χ4n) is 1.89. The summed E-state index contributed by atoms with van der Waals surface area (Å²) in [5.41, 5.74) is 2.00. The van der Waals surface area contributed by atoms with Crippen molar-refractivity contribution >= 4 is 5.97 Å². The summed E-state index contributed by atoms with van der Waals surface area (Å²) < 4.78 is 10.4. The Hall–Kier alpha value is -2.49. The molecule has 2 aromatic carbocycles. The Bertz CT molecular complexity index is 620. The third kappa shape index (κ3) is 3.09. The molecule has 0 spiro atoms. The number of phenols is 1. The summed E-state index contributed by atoms with van der Waals surface area (Å²) >= 11 is 0. The molecule has 0 radical (unpaired) electrons. The molecule has 0 atom stereocenters. The van der Waals surface area contributed by atoms with Crippen molar-refractivity contribution < 1.29 is 19.4 Å². The normalized spacial score (nSPS) is 10.1. The van der Waals surface area contributed by atoms with Gasteiger partial charge >= 0.3 is 5.97 Å². The standard InChI is InChI=1S/C16H16O4/c1-11-7-8-15(19-2)12(9-11)10-20-16(18)13-5-3-4-6-14(13)17/h3-9,17H,10H2,1-2H3. The molecule has 0 bridgehead atoms. The molecule has 1 N–H and O–H groups in total. The van der Waals surface area contributed by atoms with Crippen LogP contribution >= 0.6 is 0 Å². The van der Waals surface area contributed by atoms with E-state index in [1.807, 2.05) is 25.1 Å². The predicted octanol–water partition coefficient (Wildman–Crippen LogP) is 3.07. The van der Waals surface area contributed by atoms with E-state index >= 15 is 0 Å². The van der Waals surface area contributed by atoms with E-state index in [2.05, 4.69) is 0 Å². The highest BCUT2D eigenvalue weighted by molar-refractivity contribution is 5.92. The van der Waals surface area contributed by atoms with Crippen molar-refractivity contribution in [2.45, 2.75) is 13.5 Å². The van der Waals surface area contributed by atoms with Gasteiger partial charge in [-0.15, -0.1) is 0 Å². The highest BCUT2D eigenvalue weighted by atomic mass is 16.5. The second kappa shape index (κ2) is 6.10. The molecule has 4 nitrogen and oxygen atoms in total. The average molecular weight is 272 g/mol. The number of benzene rings is 2. The molecule has 20 heavy (non-hydrogen) atoms. The molecule has 104 valence electrons. The van der Waals surface area contributed by atoms with Crippen LogP contribution in [0.5, 0.6) is 11.5 Å². The topological polar surface area (TPSA) is 55.8 Å². The van der Waals surface area contributed by atoms with Gasteiger partial charge in [0.25, 0.3) is 0 Å². The first-order chi connectivity index (χ1) is 9.61. The highest BCUT2D eigenvalue weighted by Gasteiger charge is 2.13. The fourth-order valence-corrected chi connectivity index (χ4v) is 1.89. The Morgan fingerprint density at radius 3 is 2.65 bits per heavy atom. The van der Waals surface area contributed by atoms with Crippen LogP contribution in [0.3, 0.4) is 0 Å². The van der Waals surface area contributed by atoms with Gasteiger partial charge in [0.2, 0.25) is 0 Å². The molecule has 0 fully saturated rings. The summed E-state index contributed by atoms with van der Waals surface area (Å²) in [6.45, 7) is 2.05. The maximum atomic E-state index is 11.9. The molecule has 0 unspecified atom stereocenters. The van der Waals surface area contributed by atoms with Crippen LogP contribution in [-0.4, -0.2) is 18.2 Å². The van der Waals surface area contributed by atoms with E-state index in [1.165, 1.54) is 12.1 Å². The third-order valence-corrected chi connectivity index (χ3v) is 2.92. The van der Waals surface area contributed by atoms with Crippen LogP contribution < -0.4 is 4.74 Å². The Balaban J connectivity index is 2.11. The molecule has 0 aliphatic carbocycles. The zero-order valence-electron chi connectivity index (χ0n) is 11.4. The number of esters is 1. The molecule has 4 heteroatoms. The number of aromatic hydroxyl groups is 1. The summed E-state index contributed by atoms with van der Waals surface area (Å²) in [5, 5.41) is 9.60. The summed E-state index contributed by atoms with van der Waals surface area (Å²) in [5.74, 6) is 0.0149. The van der Waals surface area contributed by atoms with E-state index in [0.29, 0.717) is 5.75 Å². The minimum absolute atomic E-state index is 0.0892. The maximum absolute atomic E-state index is 11.9. The zero-order valence-corrected chi connectivity index (χ0v) is 11.4. The van der Waals surface area contributed by atoms with Crippen molar-refractivity contribution in [3.63, 3.8) is 0 Å². The van der Waals surface area contributed by atoms with Gasteiger partial charge in [-0.3, -0.25) is 0 Å². The molecular formula is C16H16O4. The summed E-state index contributed by atoms with van der Waals surface area (Å²) in [4.78, 5) is 11.9. The molecule has 2 rings (SSSR count). The molecule has 0 amide bonds. The average Bonchev–Trinajstić information content (AvgIpc) is 2.45. The van der Waals surface area contributed by atoms with Gasteiger partial charge in [-0.05, 0) is 31.2 Å². The van der Waals surface area contributed by atoms with E-state index in [-0.39, 0.29) is 17.9 Å². The number of phenolic OH excluding ortho intramolecular Hbond substituents is 1. The van der Waals surface area contributed by atoms with Crippen LogP contribution in [0, 0.1) is 6.92 Å². The van der Waals surface area contributed by atoms with Gasteiger partial charge in [-0.2, -0.15) is 0 Å². The lowest BCUT2D eigenvalue weighted by atomic mass is 10.1. The van der Waals surface area contributed by atoms with Gasteiger partial charge in [0.05, 0.1) is 7.11 Å². The largest absolute Gasteiger partial charge is 0.507 e. The van der Waals surface area contributed by atoms with E-state index in [1.54, 1.807) is 19.2 Å². The molecule has 0 aliphatic rings. The van der Waals surface area contributed by atoms with Crippen LogP contribution in [0.1, 0.15) is 21.5 Å². The summed E-state index contributed by atoms with van der Waals surface area (Å²) in [6, 6.07) is 11.9. The lowest BCUT2D eigenvalue weighted by Crippen LogP contribution is -2.06. The second-order valence-corrected chi connectivity index (χ2v) is 4.41. The second-order valence-electron chi connectivity index (χ2n) is 4.41. The van der Waals surface area contributed by atoms with Crippen molar-refractivity contribution in [1.29, 1.82) is 0 Å². The number of carbonyl (C=O) groups is 1. The van der Waals surface area contributed by atoms with E-state index in [4.69, 9.17) is 9.47 Å². The van der Waals surface area contributed by atoms with E-state index in [0.717, 1.165) is 11.1 Å². The molecule has 0 heterocycles. The minimum Gasteiger partial charge on any atom is -0.507 e. The third-order valence-electron chi connectivity index (χ3n) is 2.92. The summed E-state index contributed by atoms with van der Waals surface area (Å²) in [6.07, 6.45) is 0. The van der Waals surface area contributed by atoms with E-state index < -0.39 is 5.97 Å². The van der Waals surface area contributed by atoms with Gasteiger partial charge in [0.1, 0.15) is 23.7 Å². The van der Waals surface area contributed by atoms with Gasteiger partial charge in [-0.25, -0.2) is 4.79 Å². The monoisotopic (exact) mass is 272 g/mol. The Morgan fingerprint density at radius 2 is 1.95 bits per heavy atom. The van der Waals surface area contributed by atoms with Crippen LogP contribution in [-0.2, 0) is 11.3 Å². The lowest BCUT2D eigenvalue weighted by Gasteiger charge is -2.10. The van der Waals surface area contributed by atoms with Crippen molar-refractivity contribution in [2.75, 3.05) is 7.11 Å². The number of ether oxygens (including phenoxy) is 2. The molecule has 0 aromatic heterocycles. The SMILES string of the molecule is COc1ccc(C)cc1COC(=O)c1ccccc1O. The summed E-state index contributed by atoms with van der Waals surface area (Å²) in [7, 11) is 1.57. The molecule has 0 aliphatic heterocycles. The lowest BCUT2D eigenvalue weighted by molar-refractivity contribution is 0.0467. The van der Waals surface area contributed by atoms with Crippen molar-refractivity contribution in [3.8, 4) is 11.5 Å². The quantitative estimate of drug-likeness (QED) is 0.869. The van der Waals surface area contributed by atoms with Gasteiger partial charge in [0, 0.05) is 5.56 Å². The number of hydrogen-bond acceptors (Lipinski definition) is 4. The Kier molecular flexibility index (Phi) is 4.25. The van der Waals surface area contributed by atoms with Crippen molar-refractivity contribution in [1.82, 2.24) is 0 Å². The smallest absolute Gasteiger partial charge is 0.342 e. The fraction of sp³-hybridized carbons (Fsp3) is 0.188. The number of aryl methyl sites for hydroxylation is 1. The number of hydrogen-bond donors (Lipinski definition) is 1. The van der Waals surface area contributed by atoms with Crippen molar-refractivity contribution in [2.24, 2.45) is 0 Å². The van der Waals surface area contributed by atoms with E-state index in [9.17, 15) is 9.90 Å². The van der Waals surface area contributed by atoms with Gasteiger partial charge in [0.15, 0.2) is 0 Å². The first-order valence-corrected chi connectivity index (χ1v) is 6.20.